The minimum absolute atomic E-state index is 0.0669. The van der Waals surface area contributed by atoms with Crippen molar-refractivity contribution in [2.75, 3.05) is 18.4 Å². The lowest BCUT2D eigenvalue weighted by molar-refractivity contribution is -0.116. The van der Waals surface area contributed by atoms with Gasteiger partial charge in [-0.25, -0.2) is 4.79 Å². The molecule has 8 heteroatoms. The van der Waals surface area contributed by atoms with E-state index in [0.29, 0.717) is 35.2 Å². The monoisotopic (exact) mass is 422 g/mol. The van der Waals surface area contributed by atoms with Gasteiger partial charge < -0.3 is 10.2 Å². The number of hydrogen-bond donors (Lipinski definition) is 1. The zero-order valence-electron chi connectivity index (χ0n) is 17.9. The minimum Gasteiger partial charge on any atom is -0.339 e. The number of carbonyl (C=O) groups excluding carboxylic acids is 2. The van der Waals surface area contributed by atoms with Gasteiger partial charge in [0.2, 0.25) is 5.91 Å². The van der Waals surface area contributed by atoms with Crippen LogP contribution in [0.3, 0.4) is 0 Å². The fourth-order valence-electron chi connectivity index (χ4n) is 3.54. The molecule has 0 spiro atoms. The largest absolute Gasteiger partial charge is 0.339 e. The van der Waals surface area contributed by atoms with Crippen LogP contribution in [0.1, 0.15) is 31.1 Å². The van der Waals surface area contributed by atoms with Crippen LogP contribution in [0.4, 0.5) is 5.69 Å². The van der Waals surface area contributed by atoms with Gasteiger partial charge in [-0.05, 0) is 57.2 Å². The zero-order chi connectivity index (χ0) is 22.5. The minimum atomic E-state index is -0.526. The van der Waals surface area contributed by atoms with E-state index in [9.17, 15) is 19.2 Å². The summed E-state index contributed by atoms with van der Waals surface area (Å²) in [6.07, 6.45) is 0. The van der Waals surface area contributed by atoms with Crippen molar-refractivity contribution >= 4 is 28.4 Å². The Bertz CT molecular complexity index is 1220. The Morgan fingerprint density at radius 2 is 1.55 bits per heavy atom. The van der Waals surface area contributed by atoms with Crippen LogP contribution in [0.25, 0.3) is 10.9 Å². The zero-order valence-corrected chi connectivity index (χ0v) is 17.9. The predicted octanol–water partition coefficient (Wildman–Crippen LogP) is 2.30. The quantitative estimate of drug-likeness (QED) is 0.632. The highest BCUT2D eigenvalue weighted by Crippen LogP contribution is 2.13. The van der Waals surface area contributed by atoms with Crippen LogP contribution in [0.5, 0.6) is 0 Å². The number of carbonyl (C=O) groups is 2. The van der Waals surface area contributed by atoms with Crippen molar-refractivity contribution in [3.63, 3.8) is 0 Å². The second-order valence-electron chi connectivity index (χ2n) is 7.04. The smallest absolute Gasteiger partial charge is 0.331 e. The highest BCUT2D eigenvalue weighted by molar-refractivity contribution is 5.96. The molecule has 2 aromatic carbocycles. The van der Waals surface area contributed by atoms with Crippen molar-refractivity contribution in [2.24, 2.45) is 0 Å². The van der Waals surface area contributed by atoms with E-state index in [1.807, 2.05) is 13.8 Å². The first-order valence-corrected chi connectivity index (χ1v) is 10.3. The van der Waals surface area contributed by atoms with Gasteiger partial charge in [0.25, 0.3) is 11.5 Å². The molecule has 2 amide bonds. The summed E-state index contributed by atoms with van der Waals surface area (Å²) in [5, 5.41) is 3.13. The Labute approximate surface area is 179 Å². The second kappa shape index (κ2) is 9.42. The molecule has 3 aromatic rings. The topological polar surface area (TPSA) is 93.4 Å². The van der Waals surface area contributed by atoms with Gasteiger partial charge in [-0.3, -0.25) is 23.5 Å². The third-order valence-electron chi connectivity index (χ3n) is 5.22. The first-order valence-electron chi connectivity index (χ1n) is 10.3. The number of para-hydroxylation sites is 1. The van der Waals surface area contributed by atoms with Crippen LogP contribution >= 0.6 is 0 Å². The van der Waals surface area contributed by atoms with Crippen molar-refractivity contribution in [3.8, 4) is 0 Å². The number of nitrogens with zero attached hydrogens (tertiary/aromatic N) is 3. The summed E-state index contributed by atoms with van der Waals surface area (Å²) in [6, 6.07) is 13.4. The highest BCUT2D eigenvalue weighted by atomic mass is 16.2. The van der Waals surface area contributed by atoms with E-state index in [0.717, 1.165) is 4.57 Å². The second-order valence-corrected chi connectivity index (χ2v) is 7.04. The van der Waals surface area contributed by atoms with Crippen LogP contribution < -0.4 is 16.6 Å². The summed E-state index contributed by atoms with van der Waals surface area (Å²) in [4.78, 5) is 52.0. The SMILES string of the molecule is CCN(CC)C(=O)c1ccc(NC(=O)Cn2c(=O)n(CC)c(=O)c3ccccc32)cc1. The Kier molecular flexibility index (Phi) is 6.69. The molecular weight excluding hydrogens is 396 g/mol. The van der Waals surface area contributed by atoms with Crippen LogP contribution in [-0.4, -0.2) is 38.9 Å². The Balaban J connectivity index is 1.83. The van der Waals surface area contributed by atoms with Gasteiger partial charge >= 0.3 is 5.69 Å². The molecule has 0 saturated carbocycles. The van der Waals surface area contributed by atoms with Crippen molar-refractivity contribution in [2.45, 2.75) is 33.9 Å². The average molecular weight is 422 g/mol. The first kappa shape index (κ1) is 22.0. The Morgan fingerprint density at radius 1 is 0.903 bits per heavy atom. The fraction of sp³-hybridized carbons (Fsp3) is 0.304. The van der Waals surface area contributed by atoms with E-state index in [1.54, 1.807) is 60.4 Å². The molecule has 31 heavy (non-hydrogen) atoms. The third kappa shape index (κ3) is 4.42. The molecule has 0 atom stereocenters. The summed E-state index contributed by atoms with van der Waals surface area (Å²) in [6.45, 7) is 6.77. The molecule has 0 fully saturated rings. The van der Waals surface area contributed by atoms with Crippen LogP contribution in [0.15, 0.2) is 58.1 Å². The van der Waals surface area contributed by atoms with Gasteiger partial charge in [-0.2, -0.15) is 0 Å². The van der Waals surface area contributed by atoms with Crippen molar-refractivity contribution in [1.82, 2.24) is 14.0 Å². The number of benzene rings is 2. The number of hydrogen-bond acceptors (Lipinski definition) is 4. The van der Waals surface area contributed by atoms with Gasteiger partial charge in [-0.1, -0.05) is 12.1 Å². The summed E-state index contributed by atoms with van der Waals surface area (Å²) < 4.78 is 2.41. The molecule has 162 valence electrons. The number of nitrogens with one attached hydrogen (secondary N) is 1. The number of amides is 2. The van der Waals surface area contributed by atoms with E-state index in [-0.39, 0.29) is 24.6 Å². The maximum atomic E-state index is 12.8. The first-order chi connectivity index (χ1) is 14.9. The van der Waals surface area contributed by atoms with E-state index in [2.05, 4.69) is 5.32 Å². The predicted molar refractivity (Wildman–Crippen MR) is 120 cm³/mol. The van der Waals surface area contributed by atoms with Crippen LogP contribution in [0, 0.1) is 0 Å². The van der Waals surface area contributed by atoms with Crippen LogP contribution in [0.2, 0.25) is 0 Å². The molecule has 8 nitrogen and oxygen atoms in total. The molecule has 0 bridgehead atoms. The van der Waals surface area contributed by atoms with E-state index < -0.39 is 11.6 Å². The average Bonchev–Trinajstić information content (AvgIpc) is 2.78. The number of aromatic nitrogens is 2. The molecule has 0 aliphatic heterocycles. The van der Waals surface area contributed by atoms with Gasteiger partial charge in [-0.15, -0.1) is 0 Å². The summed E-state index contributed by atoms with van der Waals surface area (Å²) in [5.74, 6) is -0.473. The summed E-state index contributed by atoms with van der Waals surface area (Å²) in [5.41, 5.74) is 0.577. The van der Waals surface area contributed by atoms with Crippen molar-refractivity contribution in [3.05, 3.63) is 74.9 Å². The molecule has 1 N–H and O–H groups in total. The lowest BCUT2D eigenvalue weighted by Gasteiger charge is -2.18. The lowest BCUT2D eigenvalue weighted by atomic mass is 10.1. The fourth-order valence-corrected chi connectivity index (χ4v) is 3.54. The third-order valence-corrected chi connectivity index (χ3v) is 5.22. The molecule has 0 unspecified atom stereocenters. The lowest BCUT2D eigenvalue weighted by Crippen LogP contribution is -2.41. The Morgan fingerprint density at radius 3 is 2.16 bits per heavy atom. The molecule has 1 heterocycles. The Hall–Kier alpha value is -3.68. The number of fused-ring (bicyclic) bond motifs is 1. The molecule has 0 aliphatic rings. The van der Waals surface area contributed by atoms with E-state index in [4.69, 9.17) is 0 Å². The maximum absolute atomic E-state index is 12.8. The molecule has 0 radical (unpaired) electrons. The van der Waals surface area contributed by atoms with E-state index >= 15 is 0 Å². The molecule has 3 rings (SSSR count). The summed E-state index contributed by atoms with van der Waals surface area (Å²) >= 11 is 0. The van der Waals surface area contributed by atoms with Gasteiger partial charge in [0.05, 0.1) is 10.9 Å². The standard InChI is InChI=1S/C23H26N4O4/c1-4-25(5-2)21(29)16-11-13-17(14-12-16)24-20(28)15-27-19-10-8-7-9-18(19)22(30)26(6-3)23(27)31/h7-14H,4-6,15H2,1-3H3,(H,24,28). The molecule has 0 aliphatic carbocycles. The highest BCUT2D eigenvalue weighted by Gasteiger charge is 2.15. The van der Waals surface area contributed by atoms with Crippen molar-refractivity contribution in [1.29, 1.82) is 0 Å². The normalized spacial score (nSPS) is 10.8. The molecular formula is C23H26N4O4. The number of anilines is 1. The maximum Gasteiger partial charge on any atom is 0.331 e. The van der Waals surface area contributed by atoms with Gasteiger partial charge in [0.15, 0.2) is 0 Å². The van der Waals surface area contributed by atoms with Crippen molar-refractivity contribution < 1.29 is 9.59 Å². The van der Waals surface area contributed by atoms with Gasteiger partial charge in [0, 0.05) is 30.9 Å². The van der Waals surface area contributed by atoms with E-state index in [1.165, 1.54) is 4.57 Å². The van der Waals surface area contributed by atoms with Crippen LogP contribution in [-0.2, 0) is 17.9 Å². The molecule has 1 aromatic heterocycles. The number of rotatable bonds is 7. The molecule has 0 saturated heterocycles. The summed E-state index contributed by atoms with van der Waals surface area (Å²) in [7, 11) is 0. The van der Waals surface area contributed by atoms with Gasteiger partial charge in [0.1, 0.15) is 6.54 Å².